The van der Waals surface area contributed by atoms with Crippen LogP contribution in [0, 0.1) is 17.6 Å². The van der Waals surface area contributed by atoms with Crippen molar-refractivity contribution in [3.05, 3.63) is 87.3 Å². The van der Waals surface area contributed by atoms with Gasteiger partial charge in [-0.15, -0.1) is 0 Å². The van der Waals surface area contributed by atoms with Gasteiger partial charge in [0.2, 0.25) is 5.91 Å². The van der Waals surface area contributed by atoms with E-state index in [0.29, 0.717) is 0 Å². The summed E-state index contributed by atoms with van der Waals surface area (Å²) in [6.07, 6.45) is 4.49. The van der Waals surface area contributed by atoms with E-state index >= 15 is 0 Å². The predicted molar refractivity (Wildman–Crippen MR) is 109 cm³/mol. The summed E-state index contributed by atoms with van der Waals surface area (Å²) < 4.78 is 26.7. The van der Waals surface area contributed by atoms with Crippen LogP contribution in [0.4, 0.5) is 8.78 Å². The van der Waals surface area contributed by atoms with Crippen LogP contribution in [0.25, 0.3) is 16.5 Å². The quantitative estimate of drug-likeness (QED) is 0.380. The first-order valence-electron chi connectivity index (χ1n) is 9.70. The average molecular weight is 407 g/mol. The van der Waals surface area contributed by atoms with E-state index in [1.54, 1.807) is 24.3 Å². The number of benzene rings is 2. The minimum atomic E-state index is -0.412. The standard InChI is InChI=1S/C22H19F2N5O/c23-17-8-4-14(5-9-17)12-16-2-1-3-19-21(16)27-29(20(30)13-26-28-25)22(19)15-6-10-18(24)11-7-15/h4-12,19,22H,1-3,13H2/b16-12-/t19-,22+/m0/s1. The molecule has 2 aliphatic rings. The van der Waals surface area contributed by atoms with Crippen LogP contribution in [-0.2, 0) is 4.79 Å². The highest BCUT2D eigenvalue weighted by atomic mass is 19.1. The maximum atomic E-state index is 13.5. The van der Waals surface area contributed by atoms with Gasteiger partial charge in [0.1, 0.15) is 18.2 Å². The summed E-state index contributed by atoms with van der Waals surface area (Å²) in [6, 6.07) is 11.9. The first-order chi connectivity index (χ1) is 14.6. The van der Waals surface area contributed by atoms with Gasteiger partial charge in [-0.3, -0.25) is 4.79 Å². The lowest BCUT2D eigenvalue weighted by Crippen LogP contribution is -2.33. The molecule has 1 aliphatic heterocycles. The first kappa shape index (κ1) is 19.8. The van der Waals surface area contributed by atoms with Gasteiger partial charge in [-0.25, -0.2) is 13.8 Å². The molecule has 0 spiro atoms. The van der Waals surface area contributed by atoms with Crippen LogP contribution >= 0.6 is 0 Å². The molecule has 0 unspecified atom stereocenters. The average Bonchev–Trinajstić information content (AvgIpc) is 3.15. The molecule has 1 heterocycles. The number of halogens is 2. The van der Waals surface area contributed by atoms with Crippen molar-refractivity contribution >= 4 is 17.7 Å². The molecule has 0 saturated heterocycles. The minimum Gasteiger partial charge on any atom is -0.273 e. The van der Waals surface area contributed by atoms with Crippen LogP contribution < -0.4 is 0 Å². The van der Waals surface area contributed by atoms with E-state index in [1.165, 1.54) is 29.3 Å². The van der Waals surface area contributed by atoms with Crippen molar-refractivity contribution in [1.29, 1.82) is 0 Å². The number of fused-ring (bicyclic) bond motifs is 1. The molecule has 6 nitrogen and oxygen atoms in total. The summed E-state index contributed by atoms with van der Waals surface area (Å²) in [5, 5.41) is 9.37. The smallest absolute Gasteiger partial charge is 0.249 e. The summed E-state index contributed by atoms with van der Waals surface area (Å²) in [6.45, 7) is -0.339. The van der Waals surface area contributed by atoms with Crippen LogP contribution in [-0.4, -0.2) is 23.2 Å². The highest BCUT2D eigenvalue weighted by molar-refractivity contribution is 6.08. The fraction of sp³-hybridized carbons (Fsp3) is 0.273. The third kappa shape index (κ3) is 3.95. The normalized spacial score (nSPS) is 21.7. The van der Waals surface area contributed by atoms with Gasteiger partial charge in [0.15, 0.2) is 0 Å². The molecule has 0 N–H and O–H groups in total. The molecule has 1 saturated carbocycles. The van der Waals surface area contributed by atoms with Gasteiger partial charge in [-0.1, -0.05) is 29.4 Å². The van der Waals surface area contributed by atoms with Gasteiger partial charge >= 0.3 is 0 Å². The Kier molecular flexibility index (Phi) is 5.59. The van der Waals surface area contributed by atoms with Crippen LogP contribution in [0.2, 0.25) is 0 Å². The van der Waals surface area contributed by atoms with Crippen molar-refractivity contribution in [2.45, 2.75) is 25.3 Å². The third-order valence-electron chi connectivity index (χ3n) is 5.45. The first-order valence-corrected chi connectivity index (χ1v) is 9.70. The number of azide groups is 1. The Hall–Kier alpha value is -3.51. The Morgan fingerprint density at radius 3 is 2.50 bits per heavy atom. The van der Waals surface area contributed by atoms with Gasteiger partial charge in [-0.2, -0.15) is 5.10 Å². The fourth-order valence-electron chi connectivity index (χ4n) is 4.13. The number of carbonyl (C=O) groups is 1. The van der Waals surface area contributed by atoms with E-state index in [-0.39, 0.29) is 30.1 Å². The SMILES string of the molecule is [N-]=[N+]=NCC(=O)N1N=C2/C(=C\c3ccc(F)cc3)CCC[C@@H]2[C@H]1c1ccc(F)cc1. The zero-order chi connectivity index (χ0) is 21.1. The van der Waals surface area contributed by atoms with Crippen molar-refractivity contribution in [2.75, 3.05) is 6.54 Å². The van der Waals surface area contributed by atoms with Gasteiger partial charge in [0.05, 0.1) is 11.8 Å². The van der Waals surface area contributed by atoms with Gasteiger partial charge in [0.25, 0.3) is 0 Å². The maximum Gasteiger partial charge on any atom is 0.249 e. The summed E-state index contributed by atoms with van der Waals surface area (Å²) in [5.74, 6) is -1.12. The summed E-state index contributed by atoms with van der Waals surface area (Å²) >= 11 is 0. The van der Waals surface area contributed by atoms with E-state index in [0.717, 1.165) is 41.7 Å². The van der Waals surface area contributed by atoms with Crippen molar-refractivity contribution < 1.29 is 13.6 Å². The molecule has 2 aromatic rings. The lowest BCUT2D eigenvalue weighted by Gasteiger charge is -2.29. The highest BCUT2D eigenvalue weighted by Gasteiger charge is 2.43. The molecule has 8 heteroatoms. The lowest BCUT2D eigenvalue weighted by atomic mass is 9.77. The number of amides is 1. The van der Waals surface area contributed by atoms with Crippen molar-refractivity contribution in [3.63, 3.8) is 0 Å². The van der Waals surface area contributed by atoms with Crippen molar-refractivity contribution in [3.8, 4) is 0 Å². The molecule has 1 fully saturated rings. The van der Waals surface area contributed by atoms with E-state index in [4.69, 9.17) is 5.53 Å². The Bertz CT molecular complexity index is 1060. The molecule has 4 rings (SSSR count). The predicted octanol–water partition coefficient (Wildman–Crippen LogP) is 5.40. The highest BCUT2D eigenvalue weighted by Crippen LogP contribution is 2.44. The number of hydrogen-bond donors (Lipinski definition) is 0. The number of hydrogen-bond acceptors (Lipinski definition) is 3. The Morgan fingerprint density at radius 1 is 1.17 bits per heavy atom. The molecule has 0 radical (unpaired) electrons. The van der Waals surface area contributed by atoms with E-state index in [9.17, 15) is 13.6 Å². The van der Waals surface area contributed by atoms with Gasteiger partial charge in [-0.05, 0) is 71.8 Å². The Balaban J connectivity index is 1.73. The third-order valence-corrected chi connectivity index (χ3v) is 5.45. The summed E-state index contributed by atoms with van der Waals surface area (Å²) in [4.78, 5) is 15.4. The van der Waals surface area contributed by atoms with Gasteiger partial charge in [0, 0.05) is 10.8 Å². The molecule has 2 atom stereocenters. The molecule has 0 aromatic heterocycles. The summed E-state index contributed by atoms with van der Waals surface area (Å²) in [7, 11) is 0. The molecule has 30 heavy (non-hydrogen) atoms. The molecular weight excluding hydrogens is 388 g/mol. The van der Waals surface area contributed by atoms with Crippen LogP contribution in [0.15, 0.2) is 64.3 Å². The molecule has 1 amide bonds. The Labute approximate surface area is 172 Å². The van der Waals surface area contributed by atoms with E-state index < -0.39 is 5.91 Å². The molecule has 1 aliphatic carbocycles. The fourth-order valence-corrected chi connectivity index (χ4v) is 4.13. The second kappa shape index (κ2) is 8.47. The van der Waals surface area contributed by atoms with Crippen LogP contribution in [0.3, 0.4) is 0 Å². The molecule has 2 aromatic carbocycles. The van der Waals surface area contributed by atoms with E-state index in [1.807, 2.05) is 6.08 Å². The second-order valence-corrected chi connectivity index (χ2v) is 7.33. The van der Waals surface area contributed by atoms with Crippen molar-refractivity contribution in [1.82, 2.24) is 5.01 Å². The topological polar surface area (TPSA) is 81.4 Å². The lowest BCUT2D eigenvalue weighted by molar-refractivity contribution is -0.132. The largest absolute Gasteiger partial charge is 0.273 e. The number of allylic oxidation sites excluding steroid dienone is 1. The summed E-state index contributed by atoms with van der Waals surface area (Å²) in [5.41, 5.74) is 12.0. The number of nitrogens with zero attached hydrogens (tertiary/aromatic N) is 5. The zero-order valence-corrected chi connectivity index (χ0v) is 16.1. The van der Waals surface area contributed by atoms with Crippen LogP contribution in [0.5, 0.6) is 0 Å². The number of hydrazone groups is 1. The molecular formula is C22H19F2N5O. The van der Waals surface area contributed by atoms with Crippen molar-refractivity contribution in [2.24, 2.45) is 16.1 Å². The monoisotopic (exact) mass is 407 g/mol. The minimum absolute atomic E-state index is 0.0501. The van der Waals surface area contributed by atoms with Crippen LogP contribution in [0.1, 0.15) is 36.4 Å². The van der Waals surface area contributed by atoms with E-state index in [2.05, 4.69) is 15.1 Å². The second-order valence-electron chi connectivity index (χ2n) is 7.33. The van der Waals surface area contributed by atoms with Gasteiger partial charge < -0.3 is 0 Å². The molecule has 0 bridgehead atoms. The maximum absolute atomic E-state index is 13.5. The number of carbonyl (C=O) groups excluding carboxylic acids is 1. The zero-order valence-electron chi connectivity index (χ0n) is 16.1. The molecule has 152 valence electrons. The number of rotatable bonds is 4. The Morgan fingerprint density at radius 2 is 1.83 bits per heavy atom.